The summed E-state index contributed by atoms with van der Waals surface area (Å²) in [6.45, 7) is 0. The number of nitrogens with one attached hydrogen (secondary N) is 1. The summed E-state index contributed by atoms with van der Waals surface area (Å²) in [6, 6.07) is 12.4. The fraction of sp³-hybridized carbons (Fsp3) is 0. The molecule has 7 heteroatoms. The largest absolute Gasteiger partial charge is 0.422 e. The van der Waals surface area contributed by atoms with E-state index in [1.54, 1.807) is 18.2 Å². The number of amides is 1. The van der Waals surface area contributed by atoms with Crippen LogP contribution in [0.3, 0.4) is 0 Å². The molecule has 1 heterocycles. The van der Waals surface area contributed by atoms with E-state index in [2.05, 4.69) is 15.3 Å². The maximum atomic E-state index is 13.1. The van der Waals surface area contributed by atoms with Crippen LogP contribution in [0.4, 0.5) is 10.4 Å². The summed E-state index contributed by atoms with van der Waals surface area (Å²) in [5.74, 6) is -1.28. The zero-order valence-electron chi connectivity index (χ0n) is 11.3. The molecule has 3 rings (SSSR count). The van der Waals surface area contributed by atoms with Crippen molar-refractivity contribution >= 4 is 29.0 Å². The van der Waals surface area contributed by atoms with E-state index in [0.717, 1.165) is 6.07 Å². The number of guanidine groups is 1. The molecule has 0 spiro atoms. The molecule has 110 valence electrons. The van der Waals surface area contributed by atoms with Crippen molar-refractivity contribution in [1.82, 2.24) is 10.3 Å². The zero-order valence-corrected chi connectivity index (χ0v) is 11.3. The number of para-hydroxylation sites is 2. The van der Waals surface area contributed by atoms with Crippen LogP contribution in [0.15, 0.2) is 57.9 Å². The van der Waals surface area contributed by atoms with Crippen LogP contribution in [0.1, 0.15) is 10.4 Å². The van der Waals surface area contributed by atoms with Gasteiger partial charge in [0.2, 0.25) is 5.96 Å². The van der Waals surface area contributed by atoms with Gasteiger partial charge in [0, 0.05) is 5.56 Å². The highest BCUT2D eigenvalue weighted by Crippen LogP contribution is 2.19. The maximum Gasteiger partial charge on any atom is 0.325 e. The van der Waals surface area contributed by atoms with Gasteiger partial charge in [0.1, 0.15) is 11.3 Å². The Bertz CT molecular complexity index is 840. The molecule has 2 aromatic carbocycles. The first kappa shape index (κ1) is 13.7. The standard InChI is InChI=1S/C15H11FN4O2/c16-10-5-3-4-9(8-10)13(21)19-14(17)20-15-18-11-6-1-2-7-12(11)22-15/h1-8H,(H3,17,18,19,20,21). The number of nitrogens with two attached hydrogens (primary N) is 1. The summed E-state index contributed by atoms with van der Waals surface area (Å²) in [4.78, 5) is 19.9. The minimum Gasteiger partial charge on any atom is -0.422 e. The molecule has 0 atom stereocenters. The van der Waals surface area contributed by atoms with Crippen LogP contribution < -0.4 is 11.1 Å². The average molecular weight is 298 g/mol. The van der Waals surface area contributed by atoms with Crippen molar-refractivity contribution in [3.8, 4) is 0 Å². The Morgan fingerprint density at radius 2 is 2.05 bits per heavy atom. The van der Waals surface area contributed by atoms with Crippen LogP contribution in [0.2, 0.25) is 0 Å². The van der Waals surface area contributed by atoms with Gasteiger partial charge in [-0.2, -0.15) is 9.98 Å². The van der Waals surface area contributed by atoms with Crippen LogP contribution in [0.5, 0.6) is 0 Å². The second-order valence-electron chi connectivity index (χ2n) is 4.43. The molecule has 0 unspecified atom stereocenters. The highest BCUT2D eigenvalue weighted by atomic mass is 19.1. The Kier molecular flexibility index (Phi) is 3.53. The van der Waals surface area contributed by atoms with Gasteiger partial charge in [-0.15, -0.1) is 0 Å². The Labute approximate surface area is 124 Å². The van der Waals surface area contributed by atoms with E-state index in [0.29, 0.717) is 11.1 Å². The van der Waals surface area contributed by atoms with E-state index in [4.69, 9.17) is 10.2 Å². The lowest BCUT2D eigenvalue weighted by Crippen LogP contribution is -2.36. The van der Waals surface area contributed by atoms with Gasteiger partial charge in [-0.05, 0) is 30.3 Å². The molecule has 0 aliphatic rings. The number of carbonyl (C=O) groups is 1. The Morgan fingerprint density at radius 1 is 1.23 bits per heavy atom. The van der Waals surface area contributed by atoms with Crippen LogP contribution in [-0.2, 0) is 0 Å². The smallest absolute Gasteiger partial charge is 0.325 e. The molecule has 1 aromatic heterocycles. The molecule has 0 saturated heterocycles. The molecule has 1 amide bonds. The van der Waals surface area contributed by atoms with Gasteiger partial charge in [0.15, 0.2) is 5.58 Å². The highest BCUT2D eigenvalue weighted by molar-refractivity contribution is 6.05. The molecule has 0 aliphatic heterocycles. The number of fused-ring (bicyclic) bond motifs is 1. The lowest BCUT2D eigenvalue weighted by atomic mass is 10.2. The predicted molar refractivity (Wildman–Crippen MR) is 79.2 cm³/mol. The third kappa shape index (κ3) is 2.93. The summed E-state index contributed by atoms with van der Waals surface area (Å²) in [7, 11) is 0. The molecule has 6 nitrogen and oxygen atoms in total. The Morgan fingerprint density at radius 3 is 2.82 bits per heavy atom. The number of carbonyl (C=O) groups excluding carboxylic acids is 1. The van der Waals surface area contributed by atoms with E-state index in [1.807, 2.05) is 6.07 Å². The zero-order chi connectivity index (χ0) is 15.5. The molecule has 0 fully saturated rings. The second-order valence-corrected chi connectivity index (χ2v) is 4.43. The van der Waals surface area contributed by atoms with E-state index >= 15 is 0 Å². The number of aromatic nitrogens is 1. The highest BCUT2D eigenvalue weighted by Gasteiger charge is 2.09. The SMILES string of the molecule is NC(=Nc1nc2ccccc2o1)NC(=O)c1cccc(F)c1. The first-order valence-corrected chi connectivity index (χ1v) is 6.38. The van der Waals surface area contributed by atoms with Gasteiger partial charge in [-0.25, -0.2) is 4.39 Å². The molecular weight excluding hydrogens is 287 g/mol. The minimum atomic E-state index is -0.572. The summed E-state index contributed by atoms with van der Waals surface area (Å²) in [5.41, 5.74) is 6.95. The first-order valence-electron chi connectivity index (χ1n) is 6.38. The fourth-order valence-electron chi connectivity index (χ4n) is 1.86. The number of halogens is 1. The van der Waals surface area contributed by atoms with Crippen LogP contribution in [0.25, 0.3) is 11.1 Å². The van der Waals surface area contributed by atoms with Gasteiger partial charge >= 0.3 is 6.01 Å². The summed E-state index contributed by atoms with van der Waals surface area (Å²) >= 11 is 0. The number of hydrogen-bond donors (Lipinski definition) is 2. The number of hydrogen-bond acceptors (Lipinski definition) is 4. The van der Waals surface area contributed by atoms with Crippen molar-refractivity contribution in [2.24, 2.45) is 10.7 Å². The van der Waals surface area contributed by atoms with Gasteiger partial charge in [-0.3, -0.25) is 10.1 Å². The summed E-state index contributed by atoms with van der Waals surface area (Å²) in [6.07, 6.45) is 0. The third-order valence-electron chi connectivity index (χ3n) is 2.83. The van der Waals surface area contributed by atoms with Gasteiger partial charge in [-0.1, -0.05) is 18.2 Å². The molecule has 0 aliphatic carbocycles. The van der Waals surface area contributed by atoms with Crippen molar-refractivity contribution in [1.29, 1.82) is 0 Å². The Hall–Kier alpha value is -3.22. The van der Waals surface area contributed by atoms with Gasteiger partial charge in [0.05, 0.1) is 0 Å². The molecule has 3 N–H and O–H groups in total. The van der Waals surface area contributed by atoms with Gasteiger partial charge < -0.3 is 10.2 Å². The normalized spacial score (nSPS) is 11.6. The monoisotopic (exact) mass is 298 g/mol. The Balaban J connectivity index is 1.78. The summed E-state index contributed by atoms with van der Waals surface area (Å²) in [5, 5.41) is 2.34. The van der Waals surface area contributed by atoms with E-state index in [1.165, 1.54) is 18.2 Å². The minimum absolute atomic E-state index is 0.0262. The number of oxazole rings is 1. The lowest BCUT2D eigenvalue weighted by molar-refractivity contribution is 0.0976. The second kappa shape index (κ2) is 5.65. The molecule has 22 heavy (non-hydrogen) atoms. The molecule has 0 radical (unpaired) electrons. The number of nitrogens with zero attached hydrogens (tertiary/aromatic N) is 2. The number of aliphatic imine (C=N–C) groups is 1. The van der Waals surface area contributed by atoms with E-state index in [9.17, 15) is 9.18 Å². The van der Waals surface area contributed by atoms with Gasteiger partial charge in [0.25, 0.3) is 5.91 Å². The number of rotatable bonds is 2. The van der Waals surface area contributed by atoms with Crippen molar-refractivity contribution < 1.29 is 13.6 Å². The van der Waals surface area contributed by atoms with Crippen molar-refractivity contribution in [2.75, 3.05) is 0 Å². The topological polar surface area (TPSA) is 93.5 Å². The van der Waals surface area contributed by atoms with Crippen LogP contribution >= 0.6 is 0 Å². The third-order valence-corrected chi connectivity index (χ3v) is 2.83. The number of benzene rings is 2. The average Bonchev–Trinajstić information content (AvgIpc) is 2.89. The lowest BCUT2D eigenvalue weighted by Gasteiger charge is -2.03. The molecular formula is C15H11FN4O2. The predicted octanol–water partition coefficient (Wildman–Crippen LogP) is 2.34. The van der Waals surface area contributed by atoms with Crippen molar-refractivity contribution in [3.05, 3.63) is 59.9 Å². The first-order chi connectivity index (χ1) is 10.6. The molecule has 0 saturated carbocycles. The van der Waals surface area contributed by atoms with E-state index in [-0.39, 0.29) is 17.5 Å². The quantitative estimate of drug-likeness (QED) is 0.561. The van der Waals surface area contributed by atoms with Crippen LogP contribution in [0, 0.1) is 5.82 Å². The molecule has 3 aromatic rings. The fourth-order valence-corrected chi connectivity index (χ4v) is 1.86. The van der Waals surface area contributed by atoms with Crippen molar-refractivity contribution in [3.63, 3.8) is 0 Å². The summed E-state index contributed by atoms with van der Waals surface area (Å²) < 4.78 is 18.4. The van der Waals surface area contributed by atoms with Crippen molar-refractivity contribution in [2.45, 2.75) is 0 Å². The molecule has 0 bridgehead atoms. The van der Waals surface area contributed by atoms with E-state index < -0.39 is 11.7 Å². The maximum absolute atomic E-state index is 13.1. The van der Waals surface area contributed by atoms with Crippen LogP contribution in [-0.4, -0.2) is 16.9 Å².